The number of methoxy groups -OCH3 is 1. The number of hydrogen-bond acceptors (Lipinski definition) is 5. The van der Waals surface area contributed by atoms with E-state index >= 15 is 0 Å². The third kappa shape index (κ3) is 3.18. The Bertz CT molecular complexity index is 626. The molecule has 24 heavy (non-hydrogen) atoms. The third-order valence-corrected chi connectivity index (χ3v) is 5.17. The second-order valence-electron chi connectivity index (χ2n) is 6.79. The van der Waals surface area contributed by atoms with Crippen molar-refractivity contribution in [2.75, 3.05) is 13.7 Å². The van der Waals surface area contributed by atoms with E-state index in [4.69, 9.17) is 14.2 Å². The lowest BCUT2D eigenvalue weighted by Gasteiger charge is -2.48. The number of fused-ring (bicyclic) bond motifs is 3. The SMILES string of the molecule is COC(=O)Cc1ccc2c(c1)[C@@H]1OCCC[C@H]1[C@](C)(CCC=O)O2. The Morgan fingerprint density at radius 1 is 1.46 bits per heavy atom. The van der Waals surface area contributed by atoms with Crippen LogP contribution in [0, 0.1) is 5.92 Å². The number of rotatable bonds is 5. The molecule has 0 radical (unpaired) electrons. The fourth-order valence-electron chi connectivity index (χ4n) is 3.88. The van der Waals surface area contributed by atoms with Gasteiger partial charge in [-0.1, -0.05) is 6.07 Å². The Kier molecular flexibility index (Phi) is 4.90. The van der Waals surface area contributed by atoms with Gasteiger partial charge in [0.25, 0.3) is 0 Å². The highest BCUT2D eigenvalue weighted by atomic mass is 16.5. The van der Waals surface area contributed by atoms with Crippen molar-refractivity contribution < 1.29 is 23.8 Å². The summed E-state index contributed by atoms with van der Waals surface area (Å²) in [5, 5.41) is 0. The quantitative estimate of drug-likeness (QED) is 0.613. The van der Waals surface area contributed by atoms with Crippen LogP contribution in [0.1, 0.15) is 49.8 Å². The Labute approximate surface area is 142 Å². The molecule has 5 nitrogen and oxygen atoms in total. The second kappa shape index (κ2) is 6.93. The average molecular weight is 332 g/mol. The van der Waals surface area contributed by atoms with Crippen molar-refractivity contribution in [2.24, 2.45) is 5.92 Å². The Morgan fingerprint density at radius 3 is 3.04 bits per heavy atom. The van der Waals surface area contributed by atoms with Gasteiger partial charge in [-0.15, -0.1) is 0 Å². The van der Waals surface area contributed by atoms with Crippen LogP contribution in [-0.4, -0.2) is 31.6 Å². The van der Waals surface area contributed by atoms with Crippen LogP contribution in [0.3, 0.4) is 0 Å². The largest absolute Gasteiger partial charge is 0.487 e. The van der Waals surface area contributed by atoms with Crippen molar-refractivity contribution in [1.82, 2.24) is 0 Å². The summed E-state index contributed by atoms with van der Waals surface area (Å²) in [6, 6.07) is 5.79. The molecule has 5 heteroatoms. The number of carbonyl (C=O) groups is 2. The molecule has 130 valence electrons. The first-order valence-electron chi connectivity index (χ1n) is 8.51. The van der Waals surface area contributed by atoms with Gasteiger partial charge in [-0.2, -0.15) is 0 Å². The summed E-state index contributed by atoms with van der Waals surface area (Å²) in [6.07, 6.45) is 4.32. The van der Waals surface area contributed by atoms with Crippen molar-refractivity contribution in [3.05, 3.63) is 29.3 Å². The highest BCUT2D eigenvalue weighted by Gasteiger charge is 2.48. The van der Waals surface area contributed by atoms with E-state index in [1.807, 2.05) is 18.2 Å². The van der Waals surface area contributed by atoms with Gasteiger partial charge < -0.3 is 19.0 Å². The van der Waals surface area contributed by atoms with Crippen LogP contribution in [0.4, 0.5) is 0 Å². The molecule has 1 saturated heterocycles. The molecule has 1 aromatic carbocycles. The van der Waals surface area contributed by atoms with Crippen molar-refractivity contribution in [3.8, 4) is 5.75 Å². The van der Waals surface area contributed by atoms with Crippen molar-refractivity contribution in [3.63, 3.8) is 0 Å². The van der Waals surface area contributed by atoms with Gasteiger partial charge in [0.1, 0.15) is 17.6 Å². The summed E-state index contributed by atoms with van der Waals surface area (Å²) in [5.41, 5.74) is 1.50. The molecule has 0 aliphatic carbocycles. The van der Waals surface area contributed by atoms with E-state index in [9.17, 15) is 9.59 Å². The van der Waals surface area contributed by atoms with Crippen LogP contribution in [0.25, 0.3) is 0 Å². The molecule has 0 N–H and O–H groups in total. The minimum absolute atomic E-state index is 0.0447. The highest BCUT2D eigenvalue weighted by molar-refractivity contribution is 5.72. The van der Waals surface area contributed by atoms with Gasteiger partial charge in [0.05, 0.1) is 19.6 Å². The smallest absolute Gasteiger partial charge is 0.309 e. The van der Waals surface area contributed by atoms with Crippen molar-refractivity contribution in [2.45, 2.75) is 50.7 Å². The number of hydrogen-bond donors (Lipinski definition) is 0. The van der Waals surface area contributed by atoms with Crippen molar-refractivity contribution >= 4 is 12.3 Å². The van der Waals surface area contributed by atoms with Crippen molar-refractivity contribution in [1.29, 1.82) is 0 Å². The zero-order valence-electron chi connectivity index (χ0n) is 14.2. The van der Waals surface area contributed by atoms with Gasteiger partial charge in [0.15, 0.2) is 0 Å². The Balaban J connectivity index is 1.93. The summed E-state index contributed by atoms with van der Waals surface area (Å²) >= 11 is 0. The van der Waals surface area contributed by atoms with Gasteiger partial charge in [0, 0.05) is 24.5 Å². The molecule has 1 aromatic rings. The average Bonchev–Trinajstić information content (AvgIpc) is 2.61. The van der Waals surface area contributed by atoms with Gasteiger partial charge in [0.2, 0.25) is 0 Å². The van der Waals surface area contributed by atoms with E-state index in [-0.39, 0.29) is 24.4 Å². The summed E-state index contributed by atoms with van der Waals surface area (Å²) in [5.74, 6) is 0.746. The topological polar surface area (TPSA) is 61.8 Å². The Morgan fingerprint density at radius 2 is 2.29 bits per heavy atom. The zero-order valence-corrected chi connectivity index (χ0v) is 14.2. The molecule has 3 atom stereocenters. The van der Waals surface area contributed by atoms with E-state index in [1.165, 1.54) is 7.11 Å². The Hall–Kier alpha value is -1.88. The molecular weight excluding hydrogens is 308 g/mol. The van der Waals surface area contributed by atoms with Crippen LogP contribution in [0.5, 0.6) is 5.75 Å². The number of carbonyl (C=O) groups excluding carboxylic acids is 2. The fraction of sp³-hybridized carbons (Fsp3) is 0.579. The zero-order chi connectivity index (χ0) is 17.2. The van der Waals surface area contributed by atoms with Crippen LogP contribution < -0.4 is 4.74 Å². The maximum absolute atomic E-state index is 11.5. The predicted octanol–water partition coefficient (Wildman–Crippen LogP) is 3.00. The summed E-state index contributed by atoms with van der Waals surface area (Å²) in [6.45, 7) is 2.81. The standard InChI is InChI=1S/C19H24O5/c1-19(8-4-9-20)15-5-3-10-23-18(15)14-11-13(12-17(21)22-2)6-7-16(14)24-19/h6-7,9,11,15,18H,3-5,8,10,12H2,1-2H3/t15-,18+,19+/m1/s1. The second-order valence-corrected chi connectivity index (χ2v) is 6.79. The molecule has 0 bridgehead atoms. The molecule has 2 aliphatic rings. The third-order valence-electron chi connectivity index (χ3n) is 5.17. The molecule has 0 spiro atoms. The van der Waals surface area contributed by atoms with Crippen LogP contribution >= 0.6 is 0 Å². The monoisotopic (exact) mass is 332 g/mol. The first-order chi connectivity index (χ1) is 11.6. The van der Waals surface area contributed by atoms with Gasteiger partial charge >= 0.3 is 5.97 Å². The highest BCUT2D eigenvalue weighted by Crippen LogP contribution is 2.51. The first-order valence-corrected chi connectivity index (χ1v) is 8.51. The summed E-state index contributed by atoms with van der Waals surface area (Å²) < 4.78 is 17.2. The summed E-state index contributed by atoms with van der Waals surface area (Å²) in [4.78, 5) is 22.4. The van der Waals surface area contributed by atoms with E-state index in [0.29, 0.717) is 12.8 Å². The number of esters is 1. The molecule has 3 rings (SSSR count). The molecule has 0 aromatic heterocycles. The molecule has 1 fully saturated rings. The molecule has 0 unspecified atom stereocenters. The number of aldehydes is 1. The maximum Gasteiger partial charge on any atom is 0.309 e. The maximum atomic E-state index is 11.5. The lowest BCUT2D eigenvalue weighted by Crippen LogP contribution is -2.49. The number of benzene rings is 1. The lowest BCUT2D eigenvalue weighted by atomic mass is 9.73. The van der Waals surface area contributed by atoms with E-state index in [0.717, 1.165) is 42.6 Å². The van der Waals surface area contributed by atoms with Gasteiger partial charge in [-0.05, 0) is 43.9 Å². The van der Waals surface area contributed by atoms with E-state index in [2.05, 4.69) is 6.92 Å². The molecule has 0 saturated carbocycles. The van der Waals surface area contributed by atoms with E-state index < -0.39 is 5.60 Å². The lowest BCUT2D eigenvalue weighted by molar-refractivity contribution is -0.139. The molecular formula is C19H24O5. The minimum atomic E-state index is -0.400. The molecule has 2 heterocycles. The van der Waals surface area contributed by atoms with Crippen LogP contribution in [0.2, 0.25) is 0 Å². The molecule has 2 aliphatic heterocycles. The van der Waals surface area contributed by atoms with Gasteiger partial charge in [-0.3, -0.25) is 4.79 Å². The minimum Gasteiger partial charge on any atom is -0.487 e. The predicted molar refractivity (Wildman–Crippen MR) is 87.9 cm³/mol. The summed E-state index contributed by atoms with van der Waals surface area (Å²) in [7, 11) is 1.39. The first kappa shape index (κ1) is 17.0. The van der Waals surface area contributed by atoms with Crippen LogP contribution in [-0.2, 0) is 25.5 Å². The number of ether oxygens (including phenoxy) is 3. The van der Waals surface area contributed by atoms with Gasteiger partial charge in [-0.25, -0.2) is 0 Å². The molecule has 0 amide bonds. The van der Waals surface area contributed by atoms with E-state index in [1.54, 1.807) is 0 Å². The fourth-order valence-corrected chi connectivity index (χ4v) is 3.88. The normalized spacial score (nSPS) is 28.2. The van der Waals surface area contributed by atoms with Crippen LogP contribution in [0.15, 0.2) is 18.2 Å².